The molecule has 74 valence electrons. The van der Waals surface area contributed by atoms with Gasteiger partial charge in [0.2, 0.25) is 0 Å². The van der Waals surface area contributed by atoms with E-state index in [9.17, 15) is 8.78 Å². The number of fused-ring (bicyclic) bond motifs is 1. The molecule has 0 aliphatic rings. The van der Waals surface area contributed by atoms with Gasteiger partial charge in [0, 0.05) is 5.39 Å². The molecule has 0 N–H and O–H groups in total. The minimum atomic E-state index is -2.58. The van der Waals surface area contributed by atoms with Gasteiger partial charge in [-0.05, 0) is 26.0 Å². The van der Waals surface area contributed by atoms with Crippen molar-refractivity contribution in [2.24, 2.45) is 0 Å². The quantitative estimate of drug-likeness (QED) is 0.685. The van der Waals surface area contributed by atoms with Gasteiger partial charge in [0.1, 0.15) is 0 Å². The zero-order valence-electron chi connectivity index (χ0n) is 7.96. The first-order chi connectivity index (χ1) is 6.59. The summed E-state index contributed by atoms with van der Waals surface area (Å²) in [5.74, 6) is 0. The highest BCUT2D eigenvalue weighted by atomic mass is 19.3. The average molecular weight is 196 g/mol. The van der Waals surface area contributed by atoms with Gasteiger partial charge in [-0.15, -0.1) is 0 Å². The lowest BCUT2D eigenvalue weighted by molar-refractivity contribution is 0.0612. The highest BCUT2D eigenvalue weighted by Gasteiger charge is 2.13. The largest absolute Gasteiger partial charge is 0.333 e. The summed E-state index contributed by atoms with van der Waals surface area (Å²) >= 11 is 0. The predicted octanol–water partition coefficient (Wildman–Crippen LogP) is 3.05. The normalized spacial score (nSPS) is 11.5. The molecule has 2 rings (SSSR count). The molecular formula is C10H10F2N2. The molecular weight excluding hydrogens is 186 g/mol. The fourth-order valence-electron chi connectivity index (χ4n) is 1.56. The number of aryl methyl sites for hydroxylation is 2. The summed E-state index contributed by atoms with van der Waals surface area (Å²) < 4.78 is 25.8. The van der Waals surface area contributed by atoms with Crippen LogP contribution < -0.4 is 0 Å². The van der Waals surface area contributed by atoms with Gasteiger partial charge in [-0.1, -0.05) is 11.6 Å². The monoisotopic (exact) mass is 196 g/mol. The Kier molecular flexibility index (Phi) is 1.98. The van der Waals surface area contributed by atoms with Gasteiger partial charge in [0.25, 0.3) is 0 Å². The Morgan fingerprint density at radius 2 is 2.00 bits per heavy atom. The minimum absolute atomic E-state index is 0.489. The number of aromatic nitrogens is 2. The van der Waals surface area contributed by atoms with Crippen molar-refractivity contribution in [1.29, 1.82) is 0 Å². The van der Waals surface area contributed by atoms with Crippen molar-refractivity contribution < 1.29 is 8.78 Å². The van der Waals surface area contributed by atoms with Crippen LogP contribution >= 0.6 is 0 Å². The van der Waals surface area contributed by atoms with Gasteiger partial charge in [-0.2, -0.15) is 13.9 Å². The maximum atomic E-state index is 12.5. The summed E-state index contributed by atoms with van der Waals surface area (Å²) in [5, 5.41) is 4.59. The van der Waals surface area contributed by atoms with Gasteiger partial charge < -0.3 is 0 Å². The van der Waals surface area contributed by atoms with Crippen LogP contribution in [0.1, 0.15) is 17.8 Å². The molecule has 0 saturated carbocycles. The molecule has 1 aromatic heterocycles. The second-order valence-electron chi connectivity index (χ2n) is 3.33. The molecule has 0 aliphatic carbocycles. The van der Waals surface area contributed by atoms with Gasteiger partial charge in [0.15, 0.2) is 0 Å². The molecule has 0 aliphatic heterocycles. The summed E-state index contributed by atoms with van der Waals surface area (Å²) in [7, 11) is 0. The molecule has 14 heavy (non-hydrogen) atoms. The van der Waals surface area contributed by atoms with Crippen molar-refractivity contribution >= 4 is 10.9 Å². The van der Waals surface area contributed by atoms with Crippen LogP contribution in [0.3, 0.4) is 0 Å². The van der Waals surface area contributed by atoms with Crippen molar-refractivity contribution in [2.45, 2.75) is 20.4 Å². The first kappa shape index (κ1) is 9.12. The SMILES string of the molecule is Cc1ccc2c(c1)c(C)nn2C(F)F. The zero-order chi connectivity index (χ0) is 10.3. The van der Waals surface area contributed by atoms with E-state index in [2.05, 4.69) is 5.10 Å². The van der Waals surface area contributed by atoms with Crippen LogP contribution in [0.25, 0.3) is 10.9 Å². The van der Waals surface area contributed by atoms with Crippen LogP contribution in [0, 0.1) is 13.8 Å². The highest BCUT2D eigenvalue weighted by molar-refractivity contribution is 5.82. The van der Waals surface area contributed by atoms with Crippen molar-refractivity contribution in [2.75, 3.05) is 0 Å². The predicted molar refractivity (Wildman–Crippen MR) is 50.5 cm³/mol. The lowest BCUT2D eigenvalue weighted by atomic mass is 10.1. The van der Waals surface area contributed by atoms with E-state index in [1.807, 2.05) is 19.1 Å². The molecule has 2 nitrogen and oxygen atoms in total. The second-order valence-corrected chi connectivity index (χ2v) is 3.33. The molecule has 1 aromatic carbocycles. The van der Waals surface area contributed by atoms with Gasteiger partial charge in [-0.3, -0.25) is 0 Å². The number of rotatable bonds is 1. The van der Waals surface area contributed by atoms with E-state index in [0.29, 0.717) is 11.2 Å². The van der Waals surface area contributed by atoms with E-state index in [1.165, 1.54) is 0 Å². The van der Waals surface area contributed by atoms with E-state index in [0.717, 1.165) is 15.6 Å². The molecule has 0 atom stereocenters. The average Bonchev–Trinajstić information content (AvgIpc) is 2.44. The topological polar surface area (TPSA) is 17.8 Å². The molecule has 0 fully saturated rings. The highest BCUT2D eigenvalue weighted by Crippen LogP contribution is 2.23. The van der Waals surface area contributed by atoms with Crippen LogP contribution in [0.15, 0.2) is 18.2 Å². The Bertz CT molecular complexity index is 474. The molecule has 0 saturated heterocycles. The summed E-state index contributed by atoms with van der Waals surface area (Å²) in [4.78, 5) is 0. The number of nitrogens with zero attached hydrogens (tertiary/aromatic N) is 2. The second kappa shape index (κ2) is 3.04. The Hall–Kier alpha value is -1.45. The number of alkyl halides is 2. The van der Waals surface area contributed by atoms with Gasteiger partial charge >= 0.3 is 6.55 Å². The Morgan fingerprint density at radius 1 is 1.29 bits per heavy atom. The summed E-state index contributed by atoms with van der Waals surface area (Å²) in [6.45, 7) is 1.09. The van der Waals surface area contributed by atoms with E-state index >= 15 is 0 Å². The van der Waals surface area contributed by atoms with Gasteiger partial charge in [0.05, 0.1) is 11.2 Å². The van der Waals surface area contributed by atoms with E-state index in [-0.39, 0.29) is 0 Å². The fraction of sp³-hybridized carbons (Fsp3) is 0.300. The smallest absolute Gasteiger partial charge is 0.203 e. The van der Waals surface area contributed by atoms with Crippen LogP contribution in [-0.4, -0.2) is 9.78 Å². The number of hydrogen-bond acceptors (Lipinski definition) is 1. The van der Waals surface area contributed by atoms with Crippen molar-refractivity contribution in [3.05, 3.63) is 29.5 Å². The molecule has 0 bridgehead atoms. The third-order valence-corrected chi connectivity index (χ3v) is 2.23. The molecule has 0 radical (unpaired) electrons. The molecule has 4 heteroatoms. The lowest BCUT2D eigenvalue weighted by Gasteiger charge is -2.00. The lowest BCUT2D eigenvalue weighted by Crippen LogP contribution is -1.99. The number of halogens is 2. The van der Waals surface area contributed by atoms with Crippen molar-refractivity contribution in [3.8, 4) is 0 Å². The van der Waals surface area contributed by atoms with Crippen LogP contribution in [0.4, 0.5) is 8.78 Å². The zero-order valence-corrected chi connectivity index (χ0v) is 7.96. The minimum Gasteiger partial charge on any atom is -0.203 e. The summed E-state index contributed by atoms with van der Waals surface area (Å²) in [5.41, 5.74) is 2.18. The standard InChI is InChI=1S/C10H10F2N2/c1-6-3-4-9-8(5-6)7(2)13-14(9)10(11)12/h3-5,10H,1-2H3. The van der Waals surface area contributed by atoms with Crippen LogP contribution in [0.5, 0.6) is 0 Å². The number of hydrogen-bond donors (Lipinski definition) is 0. The van der Waals surface area contributed by atoms with Crippen molar-refractivity contribution in [1.82, 2.24) is 9.78 Å². The molecule has 0 unspecified atom stereocenters. The first-order valence-electron chi connectivity index (χ1n) is 4.33. The van der Waals surface area contributed by atoms with E-state index in [1.54, 1.807) is 13.0 Å². The third kappa shape index (κ3) is 1.27. The van der Waals surface area contributed by atoms with Gasteiger partial charge in [-0.25, -0.2) is 4.68 Å². The summed E-state index contributed by atoms with van der Waals surface area (Å²) in [6, 6.07) is 5.36. The van der Waals surface area contributed by atoms with Crippen molar-refractivity contribution in [3.63, 3.8) is 0 Å². The Balaban J connectivity index is 2.77. The molecule has 0 amide bonds. The van der Waals surface area contributed by atoms with E-state index < -0.39 is 6.55 Å². The van der Waals surface area contributed by atoms with Crippen LogP contribution in [0.2, 0.25) is 0 Å². The maximum Gasteiger partial charge on any atom is 0.333 e. The number of benzene rings is 1. The first-order valence-corrected chi connectivity index (χ1v) is 4.33. The van der Waals surface area contributed by atoms with E-state index in [4.69, 9.17) is 0 Å². The Morgan fingerprint density at radius 3 is 2.64 bits per heavy atom. The summed E-state index contributed by atoms with van der Waals surface area (Å²) in [6.07, 6.45) is 0. The molecule has 0 spiro atoms. The molecule has 1 heterocycles. The molecule has 2 aromatic rings. The maximum absolute atomic E-state index is 12.5. The van der Waals surface area contributed by atoms with Crippen LogP contribution in [-0.2, 0) is 0 Å². The third-order valence-electron chi connectivity index (χ3n) is 2.23. The Labute approximate surface area is 80.1 Å². The fourth-order valence-corrected chi connectivity index (χ4v) is 1.56.